The largest absolute Gasteiger partial charge is 0.390 e. The third-order valence-electron chi connectivity index (χ3n) is 3.18. The van der Waals surface area contributed by atoms with Gasteiger partial charge in [0.05, 0.1) is 16.6 Å². The minimum Gasteiger partial charge on any atom is -0.390 e. The minimum absolute atomic E-state index is 0.592. The summed E-state index contributed by atoms with van der Waals surface area (Å²) in [6, 6.07) is 8.04. The Labute approximate surface area is 95.7 Å². The first-order valence-electron chi connectivity index (χ1n) is 5.66. The molecule has 0 aliphatic rings. The van der Waals surface area contributed by atoms with Crippen molar-refractivity contribution < 1.29 is 5.11 Å². The number of hydrogen-bond donors (Lipinski definition) is 1. The second-order valence-corrected chi connectivity index (χ2v) is 4.60. The predicted octanol–water partition coefficient (Wildman–Crippen LogP) is 2.28. The summed E-state index contributed by atoms with van der Waals surface area (Å²) in [6.45, 7) is 3.84. The number of fused-ring (bicyclic) bond motifs is 1. The van der Waals surface area contributed by atoms with Gasteiger partial charge in [-0.15, -0.1) is 0 Å². The van der Waals surface area contributed by atoms with Crippen LogP contribution in [0.4, 0.5) is 0 Å². The van der Waals surface area contributed by atoms with Gasteiger partial charge in [-0.1, -0.05) is 19.1 Å². The lowest BCUT2D eigenvalue weighted by Gasteiger charge is -2.20. The van der Waals surface area contributed by atoms with Crippen LogP contribution in [0, 0.1) is 0 Å². The van der Waals surface area contributed by atoms with E-state index in [-0.39, 0.29) is 0 Å². The Bertz CT molecular complexity index is 500. The Morgan fingerprint density at radius 3 is 2.69 bits per heavy atom. The number of para-hydroxylation sites is 2. The molecule has 0 aliphatic heterocycles. The number of rotatable bonds is 3. The first kappa shape index (κ1) is 11.1. The van der Waals surface area contributed by atoms with Crippen LogP contribution in [0.25, 0.3) is 11.0 Å². The van der Waals surface area contributed by atoms with E-state index in [9.17, 15) is 5.11 Å². The quantitative estimate of drug-likeness (QED) is 0.858. The summed E-state index contributed by atoms with van der Waals surface area (Å²) in [5.41, 5.74) is 1.44. The fourth-order valence-electron chi connectivity index (χ4n) is 1.82. The third-order valence-corrected chi connectivity index (χ3v) is 3.18. The Hall–Kier alpha value is -1.35. The summed E-state index contributed by atoms with van der Waals surface area (Å²) < 4.78 is 2.06. The van der Waals surface area contributed by atoms with Crippen molar-refractivity contribution in [2.75, 3.05) is 0 Å². The van der Waals surface area contributed by atoms with Gasteiger partial charge in [0.1, 0.15) is 5.82 Å². The Kier molecular flexibility index (Phi) is 2.72. The number of imidazole rings is 1. The van der Waals surface area contributed by atoms with E-state index in [4.69, 9.17) is 0 Å². The van der Waals surface area contributed by atoms with Crippen molar-refractivity contribution in [2.24, 2.45) is 7.05 Å². The molecular weight excluding hydrogens is 200 g/mol. The maximum Gasteiger partial charge on any atom is 0.112 e. The maximum absolute atomic E-state index is 10.1. The highest BCUT2D eigenvalue weighted by molar-refractivity contribution is 5.75. The van der Waals surface area contributed by atoms with Crippen molar-refractivity contribution >= 4 is 11.0 Å². The zero-order valence-electron chi connectivity index (χ0n) is 10.1. The van der Waals surface area contributed by atoms with Gasteiger partial charge in [-0.05, 0) is 25.5 Å². The lowest BCUT2D eigenvalue weighted by atomic mass is 9.99. The van der Waals surface area contributed by atoms with Gasteiger partial charge < -0.3 is 9.67 Å². The summed E-state index contributed by atoms with van der Waals surface area (Å²) in [4.78, 5) is 4.55. The second-order valence-electron chi connectivity index (χ2n) is 4.60. The molecule has 0 amide bonds. The number of nitrogens with zero attached hydrogens (tertiary/aromatic N) is 2. The van der Waals surface area contributed by atoms with Gasteiger partial charge in [0, 0.05) is 13.5 Å². The molecule has 0 bridgehead atoms. The first-order chi connectivity index (χ1) is 7.53. The standard InChI is InChI=1S/C13H18N2O/c1-4-13(2,16)9-12-14-10-7-5-6-8-11(10)15(12)3/h5-8,16H,4,9H2,1-3H3. The van der Waals surface area contributed by atoms with Gasteiger partial charge in [0.25, 0.3) is 0 Å². The molecule has 3 nitrogen and oxygen atoms in total. The number of aliphatic hydroxyl groups is 1. The van der Waals surface area contributed by atoms with E-state index < -0.39 is 5.60 Å². The fraction of sp³-hybridized carbons (Fsp3) is 0.462. The van der Waals surface area contributed by atoms with Crippen LogP contribution in [0.5, 0.6) is 0 Å². The Morgan fingerprint density at radius 1 is 1.38 bits per heavy atom. The lowest BCUT2D eigenvalue weighted by Crippen LogP contribution is -2.27. The fourth-order valence-corrected chi connectivity index (χ4v) is 1.82. The molecule has 1 aromatic carbocycles. The van der Waals surface area contributed by atoms with Crippen molar-refractivity contribution in [3.05, 3.63) is 30.1 Å². The number of aryl methyl sites for hydroxylation is 1. The molecule has 0 fully saturated rings. The summed E-state index contributed by atoms with van der Waals surface area (Å²) in [5, 5.41) is 10.1. The molecule has 1 N–H and O–H groups in total. The summed E-state index contributed by atoms with van der Waals surface area (Å²) in [7, 11) is 2.00. The molecule has 1 aromatic heterocycles. The highest BCUT2D eigenvalue weighted by Gasteiger charge is 2.21. The van der Waals surface area contributed by atoms with E-state index in [1.54, 1.807) is 0 Å². The average Bonchev–Trinajstić information content (AvgIpc) is 2.56. The zero-order valence-corrected chi connectivity index (χ0v) is 10.1. The highest BCUT2D eigenvalue weighted by Crippen LogP contribution is 2.20. The van der Waals surface area contributed by atoms with Crippen LogP contribution in [0.15, 0.2) is 24.3 Å². The van der Waals surface area contributed by atoms with Gasteiger partial charge in [-0.25, -0.2) is 4.98 Å². The van der Waals surface area contributed by atoms with Crippen LogP contribution in [0.2, 0.25) is 0 Å². The smallest absolute Gasteiger partial charge is 0.112 e. The summed E-state index contributed by atoms with van der Waals surface area (Å²) in [6.07, 6.45) is 1.32. The van der Waals surface area contributed by atoms with E-state index in [1.807, 2.05) is 45.2 Å². The molecule has 16 heavy (non-hydrogen) atoms. The molecule has 2 rings (SSSR count). The Morgan fingerprint density at radius 2 is 2.06 bits per heavy atom. The Balaban J connectivity index is 2.42. The molecule has 0 saturated carbocycles. The van der Waals surface area contributed by atoms with Crippen LogP contribution in [-0.2, 0) is 13.5 Å². The average molecular weight is 218 g/mol. The molecule has 0 spiro atoms. The lowest BCUT2D eigenvalue weighted by molar-refractivity contribution is 0.0538. The predicted molar refractivity (Wildman–Crippen MR) is 65.3 cm³/mol. The van der Waals surface area contributed by atoms with Crippen LogP contribution < -0.4 is 0 Å². The van der Waals surface area contributed by atoms with E-state index in [2.05, 4.69) is 9.55 Å². The molecule has 1 unspecified atom stereocenters. The molecule has 3 heteroatoms. The molecule has 86 valence electrons. The second kappa shape index (κ2) is 3.91. The van der Waals surface area contributed by atoms with E-state index in [0.717, 1.165) is 23.3 Å². The molecular formula is C13H18N2O. The maximum atomic E-state index is 10.1. The number of aromatic nitrogens is 2. The SMILES string of the molecule is CCC(C)(O)Cc1nc2ccccc2n1C. The molecule has 0 radical (unpaired) electrons. The highest BCUT2D eigenvalue weighted by atomic mass is 16.3. The molecule has 1 atom stereocenters. The van der Waals surface area contributed by atoms with E-state index >= 15 is 0 Å². The molecule has 1 heterocycles. The summed E-state index contributed by atoms with van der Waals surface area (Å²) >= 11 is 0. The van der Waals surface area contributed by atoms with Gasteiger partial charge in [0.2, 0.25) is 0 Å². The normalized spacial score (nSPS) is 15.2. The molecule has 0 saturated heterocycles. The summed E-state index contributed by atoms with van der Waals surface area (Å²) in [5.74, 6) is 0.938. The molecule has 2 aromatic rings. The van der Waals surface area contributed by atoms with Crippen LogP contribution in [-0.4, -0.2) is 20.3 Å². The van der Waals surface area contributed by atoms with Gasteiger partial charge in [-0.3, -0.25) is 0 Å². The monoisotopic (exact) mass is 218 g/mol. The van der Waals surface area contributed by atoms with Crippen molar-refractivity contribution in [1.82, 2.24) is 9.55 Å². The number of hydrogen-bond acceptors (Lipinski definition) is 2. The zero-order chi connectivity index (χ0) is 11.8. The van der Waals surface area contributed by atoms with Crippen molar-refractivity contribution in [1.29, 1.82) is 0 Å². The third kappa shape index (κ3) is 1.95. The van der Waals surface area contributed by atoms with Gasteiger partial charge >= 0.3 is 0 Å². The van der Waals surface area contributed by atoms with Crippen LogP contribution >= 0.6 is 0 Å². The topological polar surface area (TPSA) is 38.1 Å². The minimum atomic E-state index is -0.671. The van der Waals surface area contributed by atoms with Crippen LogP contribution in [0.3, 0.4) is 0 Å². The van der Waals surface area contributed by atoms with Gasteiger partial charge in [-0.2, -0.15) is 0 Å². The van der Waals surface area contributed by atoms with Crippen molar-refractivity contribution in [3.8, 4) is 0 Å². The van der Waals surface area contributed by atoms with Gasteiger partial charge in [0.15, 0.2) is 0 Å². The van der Waals surface area contributed by atoms with Crippen molar-refractivity contribution in [3.63, 3.8) is 0 Å². The van der Waals surface area contributed by atoms with E-state index in [1.165, 1.54) is 0 Å². The van der Waals surface area contributed by atoms with Crippen LogP contribution in [0.1, 0.15) is 26.1 Å². The van der Waals surface area contributed by atoms with Crippen molar-refractivity contribution in [2.45, 2.75) is 32.3 Å². The van der Waals surface area contributed by atoms with E-state index in [0.29, 0.717) is 6.42 Å². The molecule has 0 aliphatic carbocycles. The first-order valence-corrected chi connectivity index (χ1v) is 5.66. The number of benzene rings is 1.